The highest BCUT2D eigenvalue weighted by Gasteiger charge is 2.36. The number of rotatable bonds is 1. The van der Waals surface area contributed by atoms with Crippen molar-refractivity contribution in [2.45, 2.75) is 19.0 Å². The first-order valence-corrected chi connectivity index (χ1v) is 4.68. The van der Waals surface area contributed by atoms with Crippen molar-refractivity contribution in [1.29, 1.82) is 0 Å². The van der Waals surface area contributed by atoms with Gasteiger partial charge >= 0.3 is 0 Å². The molecule has 0 spiro atoms. The minimum absolute atomic E-state index is 0.456. The van der Waals surface area contributed by atoms with Crippen molar-refractivity contribution in [2.24, 2.45) is 0 Å². The highest BCUT2D eigenvalue weighted by atomic mass is 19.1. The van der Waals surface area contributed by atoms with E-state index < -0.39 is 5.67 Å². The van der Waals surface area contributed by atoms with Crippen LogP contribution >= 0.6 is 0 Å². The molecule has 1 nitrogen and oxygen atoms in total. The quantitative estimate of drug-likeness (QED) is 0.696. The maximum absolute atomic E-state index is 14.2. The van der Waals surface area contributed by atoms with Crippen LogP contribution in [0, 0.1) is 6.92 Å². The van der Waals surface area contributed by atoms with Crippen molar-refractivity contribution < 1.29 is 4.39 Å². The largest absolute Gasteiger partial charge is 0.313 e. The van der Waals surface area contributed by atoms with Crippen LogP contribution in [-0.2, 0) is 5.67 Å². The standard InChI is InChI=1S/C11H14FN/c1-9-4-2-3-5-10(9)11(12)6-7-13-8-11/h2-5,13H,6-8H2,1H3/t11-/m0/s1. The summed E-state index contributed by atoms with van der Waals surface area (Å²) in [5, 5.41) is 3.06. The Morgan fingerprint density at radius 3 is 2.77 bits per heavy atom. The smallest absolute Gasteiger partial charge is 0.149 e. The molecule has 2 heteroatoms. The van der Waals surface area contributed by atoms with Gasteiger partial charge in [-0.3, -0.25) is 0 Å². The normalized spacial score (nSPS) is 27.8. The Morgan fingerprint density at radius 1 is 1.38 bits per heavy atom. The van der Waals surface area contributed by atoms with Gasteiger partial charge in [-0.25, -0.2) is 4.39 Å². The summed E-state index contributed by atoms with van der Waals surface area (Å²) in [4.78, 5) is 0. The molecule has 0 aliphatic carbocycles. The van der Waals surface area contributed by atoms with Gasteiger partial charge in [-0.2, -0.15) is 0 Å². The molecule has 1 N–H and O–H groups in total. The summed E-state index contributed by atoms with van der Waals surface area (Å²) in [7, 11) is 0. The summed E-state index contributed by atoms with van der Waals surface area (Å²) in [6.07, 6.45) is 0.595. The van der Waals surface area contributed by atoms with Gasteiger partial charge in [0.1, 0.15) is 5.67 Å². The Morgan fingerprint density at radius 2 is 2.15 bits per heavy atom. The van der Waals surface area contributed by atoms with Crippen molar-refractivity contribution >= 4 is 0 Å². The van der Waals surface area contributed by atoms with Gasteiger partial charge in [0.15, 0.2) is 0 Å². The van der Waals surface area contributed by atoms with E-state index in [4.69, 9.17) is 0 Å². The molecule has 13 heavy (non-hydrogen) atoms. The Labute approximate surface area is 78.0 Å². The fourth-order valence-corrected chi connectivity index (χ4v) is 1.97. The maximum Gasteiger partial charge on any atom is 0.149 e. The molecule has 0 bridgehead atoms. The summed E-state index contributed by atoms with van der Waals surface area (Å²) in [5.41, 5.74) is 0.763. The van der Waals surface area contributed by atoms with Crippen LogP contribution in [0.25, 0.3) is 0 Å². The monoisotopic (exact) mass is 179 g/mol. The molecule has 1 aromatic carbocycles. The van der Waals surface area contributed by atoms with Gasteiger partial charge in [0.25, 0.3) is 0 Å². The van der Waals surface area contributed by atoms with E-state index in [0.717, 1.165) is 17.7 Å². The second-order valence-electron chi connectivity index (χ2n) is 3.71. The van der Waals surface area contributed by atoms with Gasteiger partial charge in [-0.1, -0.05) is 24.3 Å². The first-order chi connectivity index (χ1) is 6.22. The van der Waals surface area contributed by atoms with Crippen molar-refractivity contribution in [3.05, 3.63) is 35.4 Å². The Hall–Kier alpha value is -0.890. The molecular weight excluding hydrogens is 165 g/mol. The zero-order chi connectivity index (χ0) is 9.31. The summed E-state index contributed by atoms with van der Waals surface area (Å²) in [6.45, 7) is 3.21. The molecule has 1 fully saturated rings. The van der Waals surface area contributed by atoms with Gasteiger partial charge in [0.05, 0.1) is 0 Å². The Kier molecular flexibility index (Phi) is 2.08. The topological polar surface area (TPSA) is 12.0 Å². The van der Waals surface area contributed by atoms with Crippen LogP contribution in [-0.4, -0.2) is 13.1 Å². The first kappa shape index (κ1) is 8.70. The molecule has 70 valence electrons. The molecule has 0 aromatic heterocycles. The lowest BCUT2D eigenvalue weighted by molar-refractivity contribution is 0.192. The number of aryl methyl sites for hydroxylation is 1. The van der Waals surface area contributed by atoms with Crippen molar-refractivity contribution in [3.63, 3.8) is 0 Å². The van der Waals surface area contributed by atoms with E-state index in [1.54, 1.807) is 0 Å². The predicted octanol–water partition coefficient (Wildman–Crippen LogP) is 2.15. The van der Waals surface area contributed by atoms with E-state index in [0.29, 0.717) is 13.0 Å². The highest BCUT2D eigenvalue weighted by Crippen LogP contribution is 2.33. The minimum Gasteiger partial charge on any atom is -0.313 e. The lowest BCUT2D eigenvalue weighted by atomic mass is 9.91. The maximum atomic E-state index is 14.2. The number of benzene rings is 1. The molecule has 1 aliphatic rings. The van der Waals surface area contributed by atoms with E-state index >= 15 is 0 Å². The highest BCUT2D eigenvalue weighted by molar-refractivity contribution is 5.32. The van der Waals surface area contributed by atoms with E-state index in [1.165, 1.54) is 0 Å². The van der Waals surface area contributed by atoms with E-state index in [1.807, 2.05) is 31.2 Å². The number of hydrogen-bond acceptors (Lipinski definition) is 1. The van der Waals surface area contributed by atoms with Gasteiger partial charge in [-0.05, 0) is 31.0 Å². The van der Waals surface area contributed by atoms with Crippen molar-refractivity contribution in [3.8, 4) is 0 Å². The molecule has 1 heterocycles. The van der Waals surface area contributed by atoms with Crippen LogP contribution < -0.4 is 5.32 Å². The van der Waals surface area contributed by atoms with E-state index in [-0.39, 0.29) is 0 Å². The first-order valence-electron chi connectivity index (χ1n) is 4.68. The fourth-order valence-electron chi connectivity index (χ4n) is 1.97. The van der Waals surface area contributed by atoms with Crippen LogP contribution in [0.4, 0.5) is 4.39 Å². The Balaban J connectivity index is 2.39. The van der Waals surface area contributed by atoms with Crippen LogP contribution in [0.3, 0.4) is 0 Å². The summed E-state index contributed by atoms with van der Waals surface area (Å²) in [6, 6.07) is 7.71. The van der Waals surface area contributed by atoms with Gasteiger partial charge in [0.2, 0.25) is 0 Å². The fraction of sp³-hybridized carbons (Fsp3) is 0.455. The molecule has 1 atom stereocenters. The molecule has 0 saturated carbocycles. The zero-order valence-electron chi connectivity index (χ0n) is 7.81. The van der Waals surface area contributed by atoms with Gasteiger partial charge in [-0.15, -0.1) is 0 Å². The number of alkyl halides is 1. The molecule has 2 rings (SSSR count). The Bertz CT molecular complexity index is 303. The van der Waals surface area contributed by atoms with Gasteiger partial charge in [0, 0.05) is 6.54 Å². The zero-order valence-corrected chi connectivity index (χ0v) is 7.81. The van der Waals surface area contributed by atoms with Crippen LogP contribution in [0.1, 0.15) is 17.5 Å². The van der Waals surface area contributed by atoms with Crippen LogP contribution in [0.5, 0.6) is 0 Å². The molecule has 1 aliphatic heterocycles. The average molecular weight is 179 g/mol. The average Bonchev–Trinajstić information content (AvgIpc) is 2.54. The van der Waals surface area contributed by atoms with Crippen molar-refractivity contribution in [2.75, 3.05) is 13.1 Å². The summed E-state index contributed by atoms with van der Waals surface area (Å²) >= 11 is 0. The second-order valence-corrected chi connectivity index (χ2v) is 3.71. The third kappa shape index (κ3) is 1.46. The molecule has 1 saturated heterocycles. The van der Waals surface area contributed by atoms with Crippen molar-refractivity contribution in [1.82, 2.24) is 5.32 Å². The van der Waals surface area contributed by atoms with E-state index in [2.05, 4.69) is 5.32 Å². The third-order valence-electron chi connectivity index (χ3n) is 2.73. The second kappa shape index (κ2) is 3.11. The molecule has 0 amide bonds. The van der Waals surface area contributed by atoms with E-state index in [9.17, 15) is 4.39 Å². The summed E-state index contributed by atoms with van der Waals surface area (Å²) < 4.78 is 14.2. The van der Waals surface area contributed by atoms with Gasteiger partial charge < -0.3 is 5.32 Å². The molecule has 0 radical (unpaired) electrons. The molecule has 1 aromatic rings. The third-order valence-corrected chi connectivity index (χ3v) is 2.73. The number of halogens is 1. The predicted molar refractivity (Wildman–Crippen MR) is 51.5 cm³/mol. The summed E-state index contributed by atoms with van der Waals surface area (Å²) in [5.74, 6) is 0. The van der Waals surface area contributed by atoms with Crippen LogP contribution in [0.15, 0.2) is 24.3 Å². The molecular formula is C11H14FN. The SMILES string of the molecule is Cc1ccccc1[C@]1(F)CCNC1. The number of hydrogen-bond donors (Lipinski definition) is 1. The van der Waals surface area contributed by atoms with Crippen LogP contribution in [0.2, 0.25) is 0 Å². The lowest BCUT2D eigenvalue weighted by Crippen LogP contribution is -2.24. The lowest BCUT2D eigenvalue weighted by Gasteiger charge is -2.20. The molecule has 0 unspecified atom stereocenters. The number of nitrogens with one attached hydrogen (secondary N) is 1. The minimum atomic E-state index is -1.13.